The van der Waals surface area contributed by atoms with E-state index in [2.05, 4.69) is 79.8 Å². The minimum Gasteiger partial charge on any atom is -0.414 e. The van der Waals surface area contributed by atoms with E-state index in [1.807, 2.05) is 18.3 Å². The van der Waals surface area contributed by atoms with E-state index in [1.165, 1.54) is 28.5 Å². The molecule has 0 N–H and O–H groups in total. The third-order valence-electron chi connectivity index (χ3n) is 3.81. The van der Waals surface area contributed by atoms with Crippen LogP contribution >= 0.6 is 27.7 Å². The van der Waals surface area contributed by atoms with Gasteiger partial charge in [0.2, 0.25) is 5.89 Å². The van der Waals surface area contributed by atoms with Gasteiger partial charge in [0.1, 0.15) is 11.1 Å². The Hall–Kier alpha value is -2.38. The summed E-state index contributed by atoms with van der Waals surface area (Å²) < 4.78 is 8.26. The second-order valence-electron chi connectivity index (χ2n) is 5.61. The van der Waals surface area contributed by atoms with Gasteiger partial charge in [-0.1, -0.05) is 66.4 Å². The number of hydrogen-bond acceptors (Lipinski definition) is 5. The second-order valence-corrected chi connectivity index (χ2v) is 7.35. The molecule has 0 fully saturated rings. The molecule has 0 spiro atoms. The first-order chi connectivity index (χ1) is 12.8. The zero-order chi connectivity index (χ0) is 17.8. The van der Waals surface area contributed by atoms with Crippen molar-refractivity contribution in [1.29, 1.82) is 0 Å². The SMILES string of the molecule is Brc1ccn(Cc2nnc(SCc3ccccc3-c3ccccc3)o2)n1. The summed E-state index contributed by atoms with van der Waals surface area (Å²) in [5.74, 6) is 1.31. The van der Waals surface area contributed by atoms with Crippen LogP contribution in [0.25, 0.3) is 11.1 Å². The Balaban J connectivity index is 1.45. The van der Waals surface area contributed by atoms with E-state index in [0.717, 1.165) is 10.4 Å². The Morgan fingerprint density at radius 1 is 0.962 bits per heavy atom. The molecular formula is C19H15BrN4OS. The lowest BCUT2D eigenvalue weighted by molar-refractivity contribution is 0.397. The molecule has 7 heteroatoms. The minimum atomic E-state index is 0.458. The van der Waals surface area contributed by atoms with Crippen LogP contribution in [0.1, 0.15) is 11.5 Å². The summed E-state index contributed by atoms with van der Waals surface area (Å²) in [6, 6.07) is 20.6. The molecule has 0 unspecified atom stereocenters. The maximum absolute atomic E-state index is 5.73. The highest BCUT2D eigenvalue weighted by Gasteiger charge is 2.10. The lowest BCUT2D eigenvalue weighted by atomic mass is 10.0. The topological polar surface area (TPSA) is 56.7 Å². The summed E-state index contributed by atoms with van der Waals surface area (Å²) >= 11 is 4.86. The molecule has 4 aromatic rings. The Labute approximate surface area is 163 Å². The average Bonchev–Trinajstić information content (AvgIpc) is 3.30. The first-order valence-electron chi connectivity index (χ1n) is 8.05. The van der Waals surface area contributed by atoms with Gasteiger partial charge in [-0.2, -0.15) is 5.10 Å². The molecule has 130 valence electrons. The fourth-order valence-corrected chi connectivity index (χ4v) is 3.72. The first kappa shape index (κ1) is 17.1. The summed E-state index contributed by atoms with van der Waals surface area (Å²) in [6.07, 6.45) is 1.86. The molecule has 0 saturated heterocycles. The number of halogens is 1. The van der Waals surface area contributed by atoms with E-state index in [-0.39, 0.29) is 0 Å². The highest BCUT2D eigenvalue weighted by Crippen LogP contribution is 2.29. The molecule has 0 amide bonds. The molecule has 2 aromatic carbocycles. The number of thioether (sulfide) groups is 1. The van der Waals surface area contributed by atoms with E-state index in [1.54, 1.807) is 4.68 Å². The Morgan fingerprint density at radius 3 is 2.58 bits per heavy atom. The van der Waals surface area contributed by atoms with Gasteiger partial charge in [0, 0.05) is 11.9 Å². The van der Waals surface area contributed by atoms with E-state index in [0.29, 0.717) is 17.7 Å². The van der Waals surface area contributed by atoms with Crippen molar-refractivity contribution in [2.24, 2.45) is 0 Å². The summed E-state index contributed by atoms with van der Waals surface area (Å²) in [6.45, 7) is 0.458. The van der Waals surface area contributed by atoms with Gasteiger partial charge in [-0.05, 0) is 38.7 Å². The molecule has 2 aromatic heterocycles. The van der Waals surface area contributed by atoms with Gasteiger partial charge in [-0.3, -0.25) is 4.68 Å². The number of nitrogens with zero attached hydrogens (tertiary/aromatic N) is 4. The first-order valence-corrected chi connectivity index (χ1v) is 9.83. The molecule has 0 radical (unpaired) electrons. The van der Waals surface area contributed by atoms with E-state index in [9.17, 15) is 0 Å². The quantitative estimate of drug-likeness (QED) is 0.404. The Morgan fingerprint density at radius 2 is 1.77 bits per heavy atom. The predicted octanol–water partition coefficient (Wildman–Crippen LogP) is 5.04. The molecule has 4 rings (SSSR count). The summed E-state index contributed by atoms with van der Waals surface area (Å²) in [5, 5.41) is 13.0. The van der Waals surface area contributed by atoms with E-state index in [4.69, 9.17) is 4.42 Å². The van der Waals surface area contributed by atoms with Crippen LogP contribution in [0.3, 0.4) is 0 Å². The van der Waals surface area contributed by atoms with Gasteiger partial charge in [0.15, 0.2) is 0 Å². The van der Waals surface area contributed by atoms with Crippen molar-refractivity contribution in [2.75, 3.05) is 0 Å². The summed E-state index contributed by atoms with van der Waals surface area (Å²) in [7, 11) is 0. The third kappa shape index (κ3) is 4.05. The van der Waals surface area contributed by atoms with Crippen LogP contribution in [0.2, 0.25) is 0 Å². The van der Waals surface area contributed by atoms with Gasteiger partial charge in [0.25, 0.3) is 5.22 Å². The van der Waals surface area contributed by atoms with E-state index >= 15 is 0 Å². The standard InChI is InChI=1S/C19H15BrN4OS/c20-17-10-11-24(23-17)12-18-21-22-19(25-18)26-13-15-8-4-5-9-16(15)14-6-2-1-3-7-14/h1-11H,12-13H2. The van der Waals surface area contributed by atoms with Crippen molar-refractivity contribution in [1.82, 2.24) is 20.0 Å². The predicted molar refractivity (Wildman–Crippen MR) is 105 cm³/mol. The van der Waals surface area contributed by atoms with Crippen LogP contribution in [-0.4, -0.2) is 20.0 Å². The van der Waals surface area contributed by atoms with Crippen LogP contribution in [0.15, 0.2) is 81.1 Å². The van der Waals surface area contributed by atoms with Crippen molar-refractivity contribution in [2.45, 2.75) is 17.5 Å². The van der Waals surface area contributed by atoms with Crippen LogP contribution in [0, 0.1) is 0 Å². The van der Waals surface area contributed by atoms with Gasteiger partial charge in [-0.25, -0.2) is 0 Å². The molecule has 0 aliphatic heterocycles. The number of aromatic nitrogens is 4. The number of hydrogen-bond donors (Lipinski definition) is 0. The van der Waals surface area contributed by atoms with Crippen LogP contribution in [-0.2, 0) is 12.3 Å². The maximum Gasteiger partial charge on any atom is 0.276 e. The smallest absolute Gasteiger partial charge is 0.276 e. The van der Waals surface area contributed by atoms with Crippen LogP contribution in [0.5, 0.6) is 0 Å². The summed E-state index contributed by atoms with van der Waals surface area (Å²) in [4.78, 5) is 0. The largest absolute Gasteiger partial charge is 0.414 e. The Bertz CT molecular complexity index is 999. The maximum atomic E-state index is 5.73. The minimum absolute atomic E-state index is 0.458. The van der Waals surface area contributed by atoms with E-state index < -0.39 is 0 Å². The molecule has 0 atom stereocenters. The normalized spacial score (nSPS) is 11.0. The second kappa shape index (κ2) is 7.88. The van der Waals surface area contributed by atoms with Gasteiger partial charge in [0.05, 0.1) is 0 Å². The van der Waals surface area contributed by atoms with Gasteiger partial charge < -0.3 is 4.42 Å². The van der Waals surface area contributed by atoms with Crippen molar-refractivity contribution < 1.29 is 4.42 Å². The zero-order valence-electron chi connectivity index (χ0n) is 13.7. The zero-order valence-corrected chi connectivity index (χ0v) is 16.2. The number of benzene rings is 2. The molecule has 0 aliphatic carbocycles. The highest BCUT2D eigenvalue weighted by molar-refractivity contribution is 9.10. The fourth-order valence-electron chi connectivity index (χ4n) is 2.61. The molecule has 26 heavy (non-hydrogen) atoms. The monoisotopic (exact) mass is 426 g/mol. The fraction of sp³-hybridized carbons (Fsp3) is 0.105. The van der Waals surface area contributed by atoms with Gasteiger partial charge in [-0.15, -0.1) is 10.2 Å². The van der Waals surface area contributed by atoms with Crippen LogP contribution in [0.4, 0.5) is 0 Å². The molecule has 0 saturated carbocycles. The van der Waals surface area contributed by atoms with Crippen LogP contribution < -0.4 is 0 Å². The lowest BCUT2D eigenvalue weighted by Gasteiger charge is -2.08. The number of rotatable bonds is 6. The molecule has 0 aliphatic rings. The Kier molecular flexibility index (Phi) is 5.17. The van der Waals surface area contributed by atoms with Gasteiger partial charge >= 0.3 is 0 Å². The third-order valence-corrected chi connectivity index (χ3v) is 5.10. The van der Waals surface area contributed by atoms with Crippen molar-refractivity contribution in [3.8, 4) is 11.1 Å². The van der Waals surface area contributed by atoms with Crippen molar-refractivity contribution >= 4 is 27.7 Å². The lowest BCUT2D eigenvalue weighted by Crippen LogP contribution is -2.00. The average molecular weight is 427 g/mol. The molecule has 2 heterocycles. The van der Waals surface area contributed by atoms with Crippen molar-refractivity contribution in [3.63, 3.8) is 0 Å². The van der Waals surface area contributed by atoms with Crippen molar-refractivity contribution in [3.05, 3.63) is 82.9 Å². The molecule has 0 bridgehead atoms. The molecule has 5 nitrogen and oxygen atoms in total. The molecular weight excluding hydrogens is 412 g/mol. The summed E-state index contributed by atoms with van der Waals surface area (Å²) in [5.41, 5.74) is 3.67. The highest BCUT2D eigenvalue weighted by atomic mass is 79.9.